The first-order chi connectivity index (χ1) is 16.6. The van der Waals surface area contributed by atoms with Gasteiger partial charge in [-0.05, 0) is 100 Å². The Hall–Kier alpha value is -1.20. The fourth-order valence-corrected chi connectivity index (χ4v) is 9.50. The molecule has 5 nitrogen and oxygen atoms in total. The van der Waals surface area contributed by atoms with Gasteiger partial charge in [-0.15, -0.1) is 0 Å². The molecule has 196 valence electrons. The Labute approximate surface area is 212 Å². The summed E-state index contributed by atoms with van der Waals surface area (Å²) in [6.07, 6.45) is 13.7. The van der Waals surface area contributed by atoms with E-state index in [1.165, 1.54) is 24.8 Å². The van der Waals surface area contributed by atoms with Gasteiger partial charge in [0, 0.05) is 18.4 Å². The number of carbonyl (C=O) groups excluding carboxylic acids is 2. The number of piperidine rings is 1. The van der Waals surface area contributed by atoms with Crippen molar-refractivity contribution in [2.45, 2.75) is 110 Å². The number of ether oxygens (including phenoxy) is 1. The van der Waals surface area contributed by atoms with E-state index in [2.05, 4.69) is 31.7 Å². The summed E-state index contributed by atoms with van der Waals surface area (Å²) in [5.41, 5.74) is 0.145. The largest absolute Gasteiger partial charge is 0.462 e. The number of nitrogens with zero attached hydrogens (tertiary/aromatic N) is 1. The molecular formula is C30H47NO4. The number of hydrogen-bond donors (Lipinski definition) is 1. The predicted octanol–water partition coefficient (Wildman–Crippen LogP) is 5.30. The molecule has 4 fully saturated rings. The minimum atomic E-state index is -1.19. The zero-order chi connectivity index (χ0) is 25.0. The molecule has 3 saturated carbocycles. The highest BCUT2D eigenvalue weighted by Crippen LogP contribution is 2.68. The normalized spacial score (nSPS) is 45.6. The van der Waals surface area contributed by atoms with Gasteiger partial charge in [0.1, 0.15) is 11.7 Å². The fourth-order valence-electron chi connectivity index (χ4n) is 9.50. The van der Waals surface area contributed by atoms with Gasteiger partial charge < -0.3 is 14.7 Å². The van der Waals surface area contributed by atoms with Crippen LogP contribution in [0.25, 0.3) is 0 Å². The van der Waals surface area contributed by atoms with Crippen molar-refractivity contribution in [1.82, 2.24) is 4.90 Å². The topological polar surface area (TPSA) is 66.8 Å². The first-order valence-corrected chi connectivity index (χ1v) is 14.4. The number of esters is 1. The van der Waals surface area contributed by atoms with Crippen molar-refractivity contribution in [1.29, 1.82) is 0 Å². The standard InChI is InChI=1S/C30H47NO4/c1-20-18-26-24-9-8-22-19-23(35-27(33)12-17-31-15-6-5-7-16-31)10-13-28(22,3)25(24)11-14-29(26,4)30(20,34)21(2)32/h8,20,23-26,34H,5-7,9-19H2,1-4H3/t20-,23+,24-,25+,26+,28+,29+,30+/m1/s1. The average Bonchev–Trinajstić information content (AvgIpc) is 3.05. The first-order valence-electron chi connectivity index (χ1n) is 14.4. The van der Waals surface area contributed by atoms with E-state index in [9.17, 15) is 14.7 Å². The lowest BCUT2D eigenvalue weighted by molar-refractivity contribution is -0.166. The third kappa shape index (κ3) is 4.04. The number of aliphatic hydroxyl groups is 1. The van der Waals surface area contributed by atoms with E-state index in [1.807, 2.05) is 0 Å². The van der Waals surface area contributed by atoms with E-state index >= 15 is 0 Å². The monoisotopic (exact) mass is 485 g/mol. The van der Waals surface area contributed by atoms with Crippen molar-refractivity contribution in [3.63, 3.8) is 0 Å². The lowest BCUT2D eigenvalue weighted by Gasteiger charge is -2.58. The molecule has 5 rings (SSSR count). The summed E-state index contributed by atoms with van der Waals surface area (Å²) < 4.78 is 5.99. The Balaban J connectivity index is 1.24. The van der Waals surface area contributed by atoms with Crippen molar-refractivity contribution >= 4 is 11.8 Å². The maximum atomic E-state index is 12.6. The van der Waals surface area contributed by atoms with Gasteiger partial charge in [-0.2, -0.15) is 0 Å². The lowest BCUT2D eigenvalue weighted by atomic mass is 9.46. The second kappa shape index (κ2) is 9.28. The molecule has 0 aromatic heterocycles. The van der Waals surface area contributed by atoms with Crippen LogP contribution in [0.2, 0.25) is 0 Å². The summed E-state index contributed by atoms with van der Waals surface area (Å²) in [6.45, 7) is 11.4. The van der Waals surface area contributed by atoms with Crippen LogP contribution in [-0.4, -0.2) is 53.1 Å². The van der Waals surface area contributed by atoms with E-state index < -0.39 is 5.60 Å². The van der Waals surface area contributed by atoms with Crippen molar-refractivity contribution in [2.75, 3.05) is 19.6 Å². The summed E-state index contributed by atoms with van der Waals surface area (Å²) in [6, 6.07) is 0. The molecule has 1 heterocycles. The van der Waals surface area contributed by atoms with Gasteiger partial charge in [0.05, 0.1) is 6.42 Å². The van der Waals surface area contributed by atoms with E-state index in [0.717, 1.165) is 64.6 Å². The van der Waals surface area contributed by atoms with Gasteiger partial charge in [0.2, 0.25) is 0 Å². The van der Waals surface area contributed by atoms with Gasteiger partial charge in [0.25, 0.3) is 0 Å². The van der Waals surface area contributed by atoms with Gasteiger partial charge in [-0.3, -0.25) is 9.59 Å². The molecule has 5 aliphatic rings. The van der Waals surface area contributed by atoms with E-state index in [0.29, 0.717) is 24.2 Å². The van der Waals surface area contributed by atoms with Crippen LogP contribution in [-0.2, 0) is 14.3 Å². The van der Waals surface area contributed by atoms with Crippen LogP contribution in [0.3, 0.4) is 0 Å². The zero-order valence-electron chi connectivity index (χ0n) is 22.5. The van der Waals surface area contributed by atoms with Crippen LogP contribution in [0.5, 0.6) is 0 Å². The molecule has 8 atom stereocenters. The van der Waals surface area contributed by atoms with Crippen LogP contribution >= 0.6 is 0 Å². The number of rotatable bonds is 5. The number of hydrogen-bond acceptors (Lipinski definition) is 5. The molecule has 0 radical (unpaired) electrons. The number of Topliss-reactive ketones (excluding diaryl/α,β-unsaturated/α-hetero) is 1. The highest BCUT2D eigenvalue weighted by atomic mass is 16.5. The molecule has 1 saturated heterocycles. The van der Waals surface area contributed by atoms with Gasteiger partial charge >= 0.3 is 5.97 Å². The summed E-state index contributed by atoms with van der Waals surface area (Å²) in [5.74, 6) is 1.46. The molecule has 1 N–H and O–H groups in total. The predicted molar refractivity (Wildman–Crippen MR) is 137 cm³/mol. The summed E-state index contributed by atoms with van der Waals surface area (Å²) in [5, 5.41) is 11.6. The second-order valence-electron chi connectivity index (χ2n) is 13.2. The van der Waals surface area contributed by atoms with Crippen molar-refractivity contribution in [2.24, 2.45) is 34.5 Å². The number of fused-ring (bicyclic) bond motifs is 5. The lowest BCUT2D eigenvalue weighted by Crippen LogP contribution is -2.58. The number of ketones is 1. The number of allylic oxidation sites excluding steroid dienone is 1. The van der Waals surface area contributed by atoms with Crippen molar-refractivity contribution in [3.05, 3.63) is 11.6 Å². The molecule has 0 bridgehead atoms. The zero-order valence-corrected chi connectivity index (χ0v) is 22.5. The van der Waals surface area contributed by atoms with Crippen LogP contribution in [0, 0.1) is 34.5 Å². The van der Waals surface area contributed by atoms with Crippen LogP contribution in [0.4, 0.5) is 0 Å². The smallest absolute Gasteiger partial charge is 0.307 e. The van der Waals surface area contributed by atoms with Crippen LogP contribution < -0.4 is 0 Å². The molecule has 1 aliphatic heterocycles. The van der Waals surface area contributed by atoms with Gasteiger partial charge in [-0.25, -0.2) is 0 Å². The number of likely N-dealkylation sites (tertiary alicyclic amines) is 1. The average molecular weight is 486 g/mol. The Morgan fingerprint density at radius 1 is 1.11 bits per heavy atom. The van der Waals surface area contributed by atoms with Crippen LogP contribution in [0.15, 0.2) is 11.6 Å². The second-order valence-corrected chi connectivity index (χ2v) is 13.2. The van der Waals surface area contributed by atoms with Crippen LogP contribution in [0.1, 0.15) is 98.3 Å². The van der Waals surface area contributed by atoms with E-state index in [4.69, 9.17) is 4.74 Å². The SMILES string of the molecule is CC(=O)[C@@]1(O)[C@H](C)C[C@H]2[C@@H]3CC=C4C[C@@H](OC(=O)CCN5CCCCC5)CC[C@]4(C)[C@H]3CC[C@@]21C. The minimum Gasteiger partial charge on any atom is -0.462 e. The Morgan fingerprint density at radius 2 is 1.86 bits per heavy atom. The molecule has 0 unspecified atom stereocenters. The Morgan fingerprint density at radius 3 is 2.57 bits per heavy atom. The highest BCUT2D eigenvalue weighted by Gasteiger charge is 2.67. The highest BCUT2D eigenvalue weighted by molar-refractivity contribution is 5.86. The molecule has 5 heteroatoms. The summed E-state index contributed by atoms with van der Waals surface area (Å²) >= 11 is 0. The van der Waals surface area contributed by atoms with Crippen molar-refractivity contribution in [3.8, 4) is 0 Å². The third-order valence-corrected chi connectivity index (χ3v) is 11.6. The summed E-state index contributed by atoms with van der Waals surface area (Å²) in [7, 11) is 0. The molecule has 0 spiro atoms. The van der Waals surface area contributed by atoms with Gasteiger partial charge in [0.15, 0.2) is 5.78 Å². The minimum absolute atomic E-state index is 0.0166. The van der Waals surface area contributed by atoms with E-state index in [1.54, 1.807) is 6.92 Å². The molecule has 4 aliphatic carbocycles. The third-order valence-electron chi connectivity index (χ3n) is 11.6. The Bertz CT molecular complexity index is 878. The maximum absolute atomic E-state index is 12.6. The maximum Gasteiger partial charge on any atom is 0.307 e. The molecule has 0 amide bonds. The fraction of sp³-hybridized carbons (Fsp3) is 0.867. The Kier molecular flexibility index (Phi) is 6.74. The number of carbonyl (C=O) groups is 2. The molecule has 0 aromatic carbocycles. The molecule has 0 aromatic rings. The molecular weight excluding hydrogens is 438 g/mol. The van der Waals surface area contributed by atoms with E-state index in [-0.39, 0.29) is 34.6 Å². The molecule has 35 heavy (non-hydrogen) atoms. The van der Waals surface area contributed by atoms with Gasteiger partial charge in [-0.1, -0.05) is 38.8 Å². The summed E-state index contributed by atoms with van der Waals surface area (Å²) in [4.78, 5) is 27.7. The first kappa shape index (κ1) is 25.4. The van der Waals surface area contributed by atoms with Crippen molar-refractivity contribution < 1.29 is 19.4 Å². The quantitative estimate of drug-likeness (QED) is 0.423.